The van der Waals surface area contributed by atoms with E-state index in [4.69, 9.17) is 33.0 Å². The third-order valence-electron chi connectivity index (χ3n) is 3.96. The first-order valence-corrected chi connectivity index (χ1v) is 9.15. The first kappa shape index (κ1) is 21.2. The van der Waals surface area contributed by atoms with Gasteiger partial charge in [-0.05, 0) is 48.5 Å². The summed E-state index contributed by atoms with van der Waals surface area (Å²) >= 11 is 11.9. The number of anilines is 1. The monoisotopic (exact) mass is 445 g/mol. The smallest absolute Gasteiger partial charge is 0.336 e. The van der Waals surface area contributed by atoms with Crippen molar-refractivity contribution in [1.29, 1.82) is 0 Å². The molecular formula is C21H13Cl2NO6. The number of ether oxygens (including phenoxy) is 1. The van der Waals surface area contributed by atoms with E-state index in [2.05, 4.69) is 5.32 Å². The quantitative estimate of drug-likeness (QED) is 0.465. The van der Waals surface area contributed by atoms with Gasteiger partial charge in [0.1, 0.15) is 11.5 Å². The Kier molecular flexibility index (Phi) is 6.25. The number of carboxylic acid groups (broad SMARTS) is 2. The molecule has 0 unspecified atom stereocenters. The van der Waals surface area contributed by atoms with Crippen LogP contribution in [0.4, 0.5) is 5.69 Å². The Labute approximate surface area is 180 Å². The van der Waals surface area contributed by atoms with Crippen LogP contribution in [0.3, 0.4) is 0 Å². The number of halogens is 2. The van der Waals surface area contributed by atoms with E-state index < -0.39 is 23.4 Å². The van der Waals surface area contributed by atoms with E-state index in [0.717, 1.165) is 12.1 Å². The average Bonchev–Trinajstić information content (AvgIpc) is 2.67. The van der Waals surface area contributed by atoms with Gasteiger partial charge in [0, 0.05) is 16.8 Å². The molecule has 0 aromatic heterocycles. The maximum absolute atomic E-state index is 12.4. The fraction of sp³-hybridized carbons (Fsp3) is 0. The van der Waals surface area contributed by atoms with E-state index in [-0.39, 0.29) is 21.9 Å². The molecule has 0 aliphatic heterocycles. The zero-order chi connectivity index (χ0) is 21.8. The molecule has 3 N–H and O–H groups in total. The van der Waals surface area contributed by atoms with Crippen molar-refractivity contribution in [2.75, 3.05) is 5.32 Å². The van der Waals surface area contributed by atoms with E-state index in [1.165, 1.54) is 24.3 Å². The van der Waals surface area contributed by atoms with Gasteiger partial charge >= 0.3 is 11.9 Å². The van der Waals surface area contributed by atoms with Crippen molar-refractivity contribution < 1.29 is 29.3 Å². The minimum Gasteiger partial charge on any atom is -0.478 e. The normalized spacial score (nSPS) is 10.3. The summed E-state index contributed by atoms with van der Waals surface area (Å²) in [6.07, 6.45) is 0. The molecule has 3 aromatic carbocycles. The predicted molar refractivity (Wildman–Crippen MR) is 111 cm³/mol. The van der Waals surface area contributed by atoms with Crippen molar-refractivity contribution in [3.63, 3.8) is 0 Å². The second-order valence-electron chi connectivity index (χ2n) is 6.03. The number of nitrogens with one attached hydrogen (secondary N) is 1. The number of hydrogen-bond donors (Lipinski definition) is 3. The molecule has 0 radical (unpaired) electrons. The highest BCUT2D eigenvalue weighted by atomic mass is 35.5. The predicted octanol–water partition coefficient (Wildman–Crippen LogP) is 5.43. The van der Waals surface area contributed by atoms with Gasteiger partial charge in [-0.3, -0.25) is 4.79 Å². The molecule has 0 heterocycles. The van der Waals surface area contributed by atoms with Crippen LogP contribution in [0.15, 0.2) is 60.7 Å². The van der Waals surface area contributed by atoms with Crippen LogP contribution >= 0.6 is 23.2 Å². The summed E-state index contributed by atoms with van der Waals surface area (Å²) in [5, 5.41) is 21.6. The Morgan fingerprint density at radius 3 is 2.10 bits per heavy atom. The second kappa shape index (κ2) is 8.86. The largest absolute Gasteiger partial charge is 0.478 e. The molecule has 0 bridgehead atoms. The summed E-state index contributed by atoms with van der Waals surface area (Å²) in [6.45, 7) is 0. The van der Waals surface area contributed by atoms with Crippen molar-refractivity contribution >= 4 is 46.7 Å². The van der Waals surface area contributed by atoms with Gasteiger partial charge in [0.05, 0.1) is 21.7 Å². The van der Waals surface area contributed by atoms with Gasteiger partial charge in [-0.2, -0.15) is 0 Å². The number of aromatic carboxylic acids is 2. The van der Waals surface area contributed by atoms with Gasteiger partial charge in [0.25, 0.3) is 5.91 Å². The molecule has 0 aliphatic carbocycles. The number of amides is 1. The van der Waals surface area contributed by atoms with Crippen molar-refractivity contribution in [3.8, 4) is 11.5 Å². The Morgan fingerprint density at radius 1 is 0.767 bits per heavy atom. The summed E-state index contributed by atoms with van der Waals surface area (Å²) in [4.78, 5) is 34.9. The van der Waals surface area contributed by atoms with Crippen LogP contribution in [-0.4, -0.2) is 28.1 Å². The Morgan fingerprint density at radius 2 is 1.43 bits per heavy atom. The molecule has 0 saturated heterocycles. The van der Waals surface area contributed by atoms with Crippen LogP contribution in [0.2, 0.25) is 10.0 Å². The number of carboxylic acids is 2. The lowest BCUT2D eigenvalue weighted by Crippen LogP contribution is -2.12. The Bertz CT molecular complexity index is 1160. The lowest BCUT2D eigenvalue weighted by molar-refractivity contribution is 0.0651. The zero-order valence-corrected chi connectivity index (χ0v) is 16.6. The first-order valence-electron chi connectivity index (χ1n) is 8.39. The summed E-state index contributed by atoms with van der Waals surface area (Å²) in [7, 11) is 0. The molecule has 30 heavy (non-hydrogen) atoms. The highest BCUT2D eigenvalue weighted by Gasteiger charge is 2.17. The molecule has 0 atom stereocenters. The molecule has 152 valence electrons. The molecule has 0 spiro atoms. The van der Waals surface area contributed by atoms with Crippen molar-refractivity contribution in [2.24, 2.45) is 0 Å². The maximum Gasteiger partial charge on any atom is 0.336 e. The topological polar surface area (TPSA) is 113 Å². The molecule has 1 amide bonds. The van der Waals surface area contributed by atoms with Gasteiger partial charge in [-0.15, -0.1) is 0 Å². The van der Waals surface area contributed by atoms with Crippen LogP contribution in [0, 0.1) is 0 Å². The standard InChI is InChI=1S/C21H13Cl2NO6/c22-11-4-6-16(18(23)8-11)19(25)24-12-2-1-3-13(9-12)30-14-5-7-15(20(26)27)17(10-14)21(28)29/h1-10H,(H,24,25)(H,26,27)(H,28,29). The average molecular weight is 446 g/mol. The van der Waals surface area contributed by atoms with Gasteiger partial charge < -0.3 is 20.3 Å². The Hall–Kier alpha value is -3.55. The van der Waals surface area contributed by atoms with E-state index in [1.807, 2.05) is 0 Å². The molecule has 0 aliphatic rings. The van der Waals surface area contributed by atoms with Crippen molar-refractivity contribution in [1.82, 2.24) is 0 Å². The molecule has 3 rings (SSSR count). The molecule has 9 heteroatoms. The van der Waals surface area contributed by atoms with Crippen LogP contribution in [-0.2, 0) is 0 Å². The molecular weight excluding hydrogens is 433 g/mol. The Balaban J connectivity index is 1.80. The zero-order valence-electron chi connectivity index (χ0n) is 15.1. The third-order valence-corrected chi connectivity index (χ3v) is 4.50. The van der Waals surface area contributed by atoms with Crippen molar-refractivity contribution in [3.05, 3.63) is 87.4 Å². The van der Waals surface area contributed by atoms with Crippen LogP contribution in [0.25, 0.3) is 0 Å². The second-order valence-corrected chi connectivity index (χ2v) is 6.87. The van der Waals surface area contributed by atoms with Gasteiger partial charge in [-0.1, -0.05) is 29.3 Å². The number of hydrogen-bond acceptors (Lipinski definition) is 4. The molecule has 7 nitrogen and oxygen atoms in total. The summed E-state index contributed by atoms with van der Waals surface area (Å²) in [5.41, 5.74) is -0.107. The number of rotatable bonds is 6. The van der Waals surface area contributed by atoms with Gasteiger partial charge in [-0.25, -0.2) is 9.59 Å². The highest BCUT2D eigenvalue weighted by molar-refractivity contribution is 6.37. The molecule has 0 saturated carbocycles. The SMILES string of the molecule is O=C(Nc1cccc(Oc2ccc(C(=O)O)c(C(=O)O)c2)c1)c1ccc(Cl)cc1Cl. The lowest BCUT2D eigenvalue weighted by Gasteiger charge is -2.11. The summed E-state index contributed by atoms with van der Waals surface area (Å²) in [6, 6.07) is 14.5. The van der Waals surface area contributed by atoms with Gasteiger partial charge in [0.2, 0.25) is 0 Å². The summed E-state index contributed by atoms with van der Waals surface area (Å²) < 4.78 is 5.62. The fourth-order valence-electron chi connectivity index (χ4n) is 2.60. The summed E-state index contributed by atoms with van der Waals surface area (Å²) in [5.74, 6) is -2.77. The number of carbonyl (C=O) groups excluding carboxylic acids is 1. The fourth-order valence-corrected chi connectivity index (χ4v) is 3.09. The maximum atomic E-state index is 12.4. The number of benzene rings is 3. The van der Waals surface area contributed by atoms with Gasteiger partial charge in [0.15, 0.2) is 0 Å². The highest BCUT2D eigenvalue weighted by Crippen LogP contribution is 2.27. The van der Waals surface area contributed by atoms with Crippen molar-refractivity contribution in [2.45, 2.75) is 0 Å². The van der Waals surface area contributed by atoms with E-state index in [9.17, 15) is 19.5 Å². The van der Waals surface area contributed by atoms with Crippen LogP contribution in [0.1, 0.15) is 31.1 Å². The number of carbonyl (C=O) groups is 3. The van der Waals surface area contributed by atoms with E-state index >= 15 is 0 Å². The molecule has 0 fully saturated rings. The minimum absolute atomic E-state index is 0.127. The first-order chi connectivity index (χ1) is 14.2. The van der Waals surface area contributed by atoms with E-state index in [1.54, 1.807) is 24.3 Å². The van der Waals surface area contributed by atoms with E-state index in [0.29, 0.717) is 16.5 Å². The van der Waals surface area contributed by atoms with Crippen LogP contribution in [0.5, 0.6) is 11.5 Å². The van der Waals surface area contributed by atoms with Crippen LogP contribution < -0.4 is 10.1 Å². The minimum atomic E-state index is -1.39. The lowest BCUT2D eigenvalue weighted by atomic mass is 10.1. The molecule has 3 aromatic rings. The third kappa shape index (κ3) is 4.89.